The minimum absolute atomic E-state index is 0.0371. The molecule has 0 bridgehead atoms. The van der Waals surface area contributed by atoms with E-state index in [1.165, 1.54) is 12.1 Å². The van der Waals surface area contributed by atoms with Gasteiger partial charge in [-0.05, 0) is 42.0 Å². The second kappa shape index (κ2) is 10.3. The van der Waals surface area contributed by atoms with Crippen molar-refractivity contribution >= 4 is 5.91 Å². The van der Waals surface area contributed by atoms with Gasteiger partial charge in [0.15, 0.2) is 0 Å². The maximum absolute atomic E-state index is 12.8. The predicted octanol–water partition coefficient (Wildman–Crippen LogP) is 2.51. The molecule has 1 amide bonds. The van der Waals surface area contributed by atoms with Crippen molar-refractivity contribution in [2.75, 3.05) is 26.8 Å². The van der Waals surface area contributed by atoms with Crippen molar-refractivity contribution in [3.05, 3.63) is 59.9 Å². The molecule has 0 saturated carbocycles. The molecule has 5 nitrogen and oxygen atoms in total. The van der Waals surface area contributed by atoms with Gasteiger partial charge in [-0.2, -0.15) is 0 Å². The number of carbonyl (C=O) groups is 1. The lowest BCUT2D eigenvalue weighted by Gasteiger charge is -2.09. The quantitative estimate of drug-likeness (QED) is 0.649. The van der Waals surface area contributed by atoms with E-state index < -0.39 is 0 Å². The summed E-state index contributed by atoms with van der Waals surface area (Å²) in [6, 6.07) is 13.6. The van der Waals surface area contributed by atoms with Gasteiger partial charge in [0.2, 0.25) is 5.91 Å². The number of ether oxygens (including phenoxy) is 2. The van der Waals surface area contributed by atoms with Crippen LogP contribution in [-0.2, 0) is 11.3 Å². The molecule has 0 aromatic heterocycles. The first-order valence-electron chi connectivity index (χ1n) is 8.16. The number of carbonyl (C=O) groups excluding carboxylic acids is 1. The van der Waals surface area contributed by atoms with Crippen molar-refractivity contribution in [2.45, 2.75) is 13.0 Å². The first kappa shape index (κ1) is 18.7. The Morgan fingerprint density at radius 3 is 2.36 bits per heavy atom. The van der Waals surface area contributed by atoms with Gasteiger partial charge in [-0.25, -0.2) is 4.39 Å². The van der Waals surface area contributed by atoms with Crippen LogP contribution < -0.4 is 20.1 Å². The van der Waals surface area contributed by atoms with E-state index in [-0.39, 0.29) is 11.7 Å². The Morgan fingerprint density at radius 2 is 1.68 bits per heavy atom. The largest absolute Gasteiger partial charge is 0.497 e. The Hall–Kier alpha value is -2.60. The fraction of sp³-hybridized carbons (Fsp3) is 0.316. The molecule has 0 unspecified atom stereocenters. The summed E-state index contributed by atoms with van der Waals surface area (Å²) in [4.78, 5) is 11.7. The molecule has 0 atom stereocenters. The lowest BCUT2D eigenvalue weighted by atomic mass is 10.2. The monoisotopic (exact) mass is 346 g/mol. The number of benzene rings is 2. The number of hydrogen-bond donors (Lipinski definition) is 2. The maximum Gasteiger partial charge on any atom is 0.221 e. The van der Waals surface area contributed by atoms with Crippen LogP contribution in [0.25, 0.3) is 0 Å². The average molecular weight is 346 g/mol. The number of rotatable bonds is 10. The molecule has 0 saturated heterocycles. The van der Waals surface area contributed by atoms with E-state index >= 15 is 0 Å². The molecule has 2 rings (SSSR count). The SMILES string of the molecule is COc1ccc(OCCNC(=O)CCNCc2ccc(F)cc2)cc1. The summed E-state index contributed by atoms with van der Waals surface area (Å²) >= 11 is 0. The van der Waals surface area contributed by atoms with E-state index in [0.717, 1.165) is 17.1 Å². The first-order valence-corrected chi connectivity index (χ1v) is 8.16. The summed E-state index contributed by atoms with van der Waals surface area (Å²) in [5.41, 5.74) is 0.981. The van der Waals surface area contributed by atoms with Crippen molar-refractivity contribution in [1.82, 2.24) is 10.6 Å². The van der Waals surface area contributed by atoms with Gasteiger partial charge < -0.3 is 20.1 Å². The minimum atomic E-state index is -0.250. The van der Waals surface area contributed by atoms with Gasteiger partial charge in [-0.15, -0.1) is 0 Å². The van der Waals surface area contributed by atoms with Crippen LogP contribution in [0.1, 0.15) is 12.0 Å². The summed E-state index contributed by atoms with van der Waals surface area (Å²) < 4.78 is 23.4. The summed E-state index contributed by atoms with van der Waals surface area (Å²) in [6.07, 6.45) is 0.379. The van der Waals surface area contributed by atoms with Crippen molar-refractivity contribution in [3.63, 3.8) is 0 Å². The third-order valence-corrected chi connectivity index (χ3v) is 3.52. The number of methoxy groups -OCH3 is 1. The van der Waals surface area contributed by atoms with Gasteiger partial charge in [0.1, 0.15) is 23.9 Å². The van der Waals surface area contributed by atoms with E-state index in [9.17, 15) is 9.18 Å². The Balaban J connectivity index is 1.52. The summed E-state index contributed by atoms with van der Waals surface area (Å²) in [5, 5.41) is 5.96. The molecule has 2 N–H and O–H groups in total. The van der Waals surface area contributed by atoms with Gasteiger partial charge in [-0.1, -0.05) is 12.1 Å². The van der Waals surface area contributed by atoms with Crippen molar-refractivity contribution < 1.29 is 18.7 Å². The molecule has 0 spiro atoms. The Bertz CT molecular complexity index is 645. The highest BCUT2D eigenvalue weighted by Crippen LogP contribution is 2.16. The molecule has 134 valence electrons. The summed E-state index contributed by atoms with van der Waals surface area (Å²) in [6.45, 7) is 2.01. The molecule has 0 fully saturated rings. The Morgan fingerprint density at radius 1 is 1.00 bits per heavy atom. The number of hydrogen-bond acceptors (Lipinski definition) is 4. The minimum Gasteiger partial charge on any atom is -0.497 e. The molecule has 0 aliphatic heterocycles. The average Bonchev–Trinajstić information content (AvgIpc) is 2.64. The second-order valence-electron chi connectivity index (χ2n) is 5.43. The zero-order valence-corrected chi connectivity index (χ0v) is 14.3. The third-order valence-electron chi connectivity index (χ3n) is 3.52. The van der Waals surface area contributed by atoms with Gasteiger partial charge in [-0.3, -0.25) is 4.79 Å². The van der Waals surface area contributed by atoms with E-state index in [4.69, 9.17) is 9.47 Å². The van der Waals surface area contributed by atoms with Crippen LogP contribution in [0.5, 0.6) is 11.5 Å². The van der Waals surface area contributed by atoms with Crippen LogP contribution in [0.2, 0.25) is 0 Å². The molecule has 0 radical (unpaired) electrons. The third kappa shape index (κ3) is 7.22. The highest BCUT2D eigenvalue weighted by Gasteiger charge is 2.01. The predicted molar refractivity (Wildman–Crippen MR) is 94.2 cm³/mol. The zero-order valence-electron chi connectivity index (χ0n) is 14.3. The van der Waals surface area contributed by atoms with E-state index in [2.05, 4.69) is 10.6 Å². The molecule has 25 heavy (non-hydrogen) atoms. The normalized spacial score (nSPS) is 10.3. The fourth-order valence-electron chi connectivity index (χ4n) is 2.16. The number of amides is 1. The molecule has 2 aromatic rings. The number of halogens is 1. The van der Waals surface area contributed by atoms with E-state index in [1.54, 1.807) is 19.2 Å². The topological polar surface area (TPSA) is 59.6 Å². The summed E-state index contributed by atoms with van der Waals surface area (Å²) in [7, 11) is 1.61. The lowest BCUT2D eigenvalue weighted by molar-refractivity contribution is -0.121. The molecular formula is C19H23FN2O3. The summed E-state index contributed by atoms with van der Waals surface area (Å²) in [5.74, 6) is 1.22. The van der Waals surface area contributed by atoms with Crippen LogP contribution in [0.4, 0.5) is 4.39 Å². The van der Waals surface area contributed by atoms with Crippen LogP contribution in [-0.4, -0.2) is 32.7 Å². The lowest BCUT2D eigenvalue weighted by Crippen LogP contribution is -2.30. The van der Waals surface area contributed by atoms with Crippen LogP contribution in [0.3, 0.4) is 0 Å². The van der Waals surface area contributed by atoms with Gasteiger partial charge in [0.05, 0.1) is 13.7 Å². The maximum atomic E-state index is 12.8. The molecule has 0 heterocycles. The number of nitrogens with one attached hydrogen (secondary N) is 2. The van der Waals surface area contributed by atoms with Gasteiger partial charge in [0.25, 0.3) is 0 Å². The van der Waals surface area contributed by atoms with E-state index in [1.807, 2.05) is 24.3 Å². The standard InChI is InChI=1S/C19H23FN2O3/c1-24-17-6-8-18(9-7-17)25-13-12-22-19(23)10-11-21-14-15-2-4-16(20)5-3-15/h2-9,21H,10-14H2,1H3,(H,22,23). The highest BCUT2D eigenvalue weighted by molar-refractivity contribution is 5.76. The van der Waals surface area contributed by atoms with Crippen molar-refractivity contribution in [3.8, 4) is 11.5 Å². The molecule has 6 heteroatoms. The molecule has 0 aliphatic rings. The van der Waals surface area contributed by atoms with E-state index in [0.29, 0.717) is 32.7 Å². The van der Waals surface area contributed by atoms with Crippen LogP contribution >= 0.6 is 0 Å². The highest BCUT2D eigenvalue weighted by atomic mass is 19.1. The van der Waals surface area contributed by atoms with Crippen molar-refractivity contribution in [2.24, 2.45) is 0 Å². The Labute approximate surface area is 147 Å². The van der Waals surface area contributed by atoms with Crippen molar-refractivity contribution in [1.29, 1.82) is 0 Å². The van der Waals surface area contributed by atoms with Crippen LogP contribution in [0.15, 0.2) is 48.5 Å². The zero-order chi connectivity index (χ0) is 17.9. The smallest absolute Gasteiger partial charge is 0.221 e. The Kier molecular flexibility index (Phi) is 7.72. The molecule has 0 aliphatic carbocycles. The molecule has 2 aromatic carbocycles. The van der Waals surface area contributed by atoms with Gasteiger partial charge in [0, 0.05) is 19.5 Å². The second-order valence-corrected chi connectivity index (χ2v) is 5.43. The molecular weight excluding hydrogens is 323 g/mol. The van der Waals surface area contributed by atoms with Gasteiger partial charge >= 0.3 is 0 Å². The first-order chi connectivity index (χ1) is 12.2. The fourth-order valence-corrected chi connectivity index (χ4v) is 2.16. The van der Waals surface area contributed by atoms with Crippen LogP contribution in [0, 0.1) is 5.82 Å².